The van der Waals surface area contributed by atoms with Gasteiger partial charge in [-0.2, -0.15) is 17.0 Å². The molecule has 0 aromatic heterocycles. The quantitative estimate of drug-likeness (QED) is 0.672. The zero-order chi connectivity index (χ0) is 14.7. The van der Waals surface area contributed by atoms with E-state index in [9.17, 15) is 16.8 Å². The predicted octanol–water partition coefficient (Wildman–Crippen LogP) is 0.184. The van der Waals surface area contributed by atoms with Gasteiger partial charge in [-0.1, -0.05) is 13.8 Å². The fourth-order valence-electron chi connectivity index (χ4n) is 1.60. The molecule has 0 aromatic carbocycles. The first-order valence-electron chi connectivity index (χ1n) is 5.75. The van der Waals surface area contributed by atoms with Gasteiger partial charge in [0, 0.05) is 32.9 Å². The highest BCUT2D eigenvalue weighted by Crippen LogP contribution is 2.11. The van der Waals surface area contributed by atoms with Gasteiger partial charge in [-0.25, -0.2) is 8.42 Å². The second kappa shape index (κ2) is 6.31. The molecule has 0 fully saturated rings. The highest BCUT2D eigenvalue weighted by atomic mass is 32.2. The average molecular weight is 300 g/mol. The summed E-state index contributed by atoms with van der Waals surface area (Å²) in [6.45, 7) is 5.83. The summed E-state index contributed by atoms with van der Waals surface area (Å²) >= 11 is 0. The Morgan fingerprint density at radius 2 is 1.44 bits per heavy atom. The van der Waals surface area contributed by atoms with Gasteiger partial charge in [0.1, 0.15) is 9.84 Å². The van der Waals surface area contributed by atoms with Crippen LogP contribution in [0.5, 0.6) is 0 Å². The maximum Gasteiger partial charge on any atom is 0.281 e. The molecule has 0 aromatic rings. The van der Waals surface area contributed by atoms with Crippen molar-refractivity contribution in [3.05, 3.63) is 0 Å². The molecule has 8 heteroatoms. The first-order chi connectivity index (χ1) is 7.88. The van der Waals surface area contributed by atoms with Gasteiger partial charge in [-0.05, 0) is 12.8 Å². The highest BCUT2D eigenvalue weighted by molar-refractivity contribution is 7.90. The van der Waals surface area contributed by atoms with Gasteiger partial charge in [0.2, 0.25) is 0 Å². The van der Waals surface area contributed by atoms with Gasteiger partial charge in [0.15, 0.2) is 0 Å². The summed E-state index contributed by atoms with van der Waals surface area (Å²) in [5.41, 5.74) is 0. The lowest BCUT2D eigenvalue weighted by molar-refractivity contribution is 0.342. The van der Waals surface area contributed by atoms with Crippen LogP contribution in [-0.2, 0) is 20.0 Å². The summed E-state index contributed by atoms with van der Waals surface area (Å²) in [5.74, 6) is 0.0292. The van der Waals surface area contributed by atoms with Crippen LogP contribution in [0, 0.1) is 5.92 Å². The molecule has 0 aliphatic rings. The van der Waals surface area contributed by atoms with Crippen molar-refractivity contribution in [2.24, 2.45) is 5.92 Å². The molecule has 0 aliphatic carbocycles. The van der Waals surface area contributed by atoms with E-state index < -0.39 is 26.1 Å². The maximum absolute atomic E-state index is 12.2. The van der Waals surface area contributed by atoms with E-state index in [0.29, 0.717) is 6.54 Å². The second-order valence-electron chi connectivity index (χ2n) is 5.14. The second-order valence-corrected chi connectivity index (χ2v) is 9.42. The fourth-order valence-corrected chi connectivity index (χ4v) is 4.25. The SMILES string of the molecule is CC(C)CN(C)S(=O)(=O)N(C)C(C)CS(C)(=O)=O. The Morgan fingerprint density at radius 1 is 1.00 bits per heavy atom. The Morgan fingerprint density at radius 3 is 1.78 bits per heavy atom. The van der Waals surface area contributed by atoms with Gasteiger partial charge in [0.05, 0.1) is 5.75 Å². The molecule has 0 saturated carbocycles. The topological polar surface area (TPSA) is 74.8 Å². The predicted molar refractivity (Wildman–Crippen MR) is 73.3 cm³/mol. The zero-order valence-corrected chi connectivity index (χ0v) is 13.5. The number of hydrogen-bond donors (Lipinski definition) is 0. The summed E-state index contributed by atoms with van der Waals surface area (Å²) in [4.78, 5) is 0. The Kier molecular flexibility index (Phi) is 6.25. The van der Waals surface area contributed by atoms with Crippen LogP contribution >= 0.6 is 0 Å². The van der Waals surface area contributed by atoms with Gasteiger partial charge >= 0.3 is 0 Å². The average Bonchev–Trinajstić information content (AvgIpc) is 2.12. The maximum atomic E-state index is 12.2. The molecule has 0 heterocycles. The van der Waals surface area contributed by atoms with Crippen LogP contribution in [0.2, 0.25) is 0 Å². The summed E-state index contributed by atoms with van der Waals surface area (Å²) in [5, 5.41) is 0. The van der Waals surface area contributed by atoms with Crippen molar-refractivity contribution in [1.82, 2.24) is 8.61 Å². The molecule has 0 saturated heterocycles. The molecule has 1 atom stereocenters. The first-order valence-corrected chi connectivity index (χ1v) is 9.20. The third-order valence-corrected chi connectivity index (χ3v) is 5.66. The minimum absolute atomic E-state index is 0.182. The van der Waals surface area contributed by atoms with Crippen molar-refractivity contribution in [3.8, 4) is 0 Å². The molecule has 110 valence electrons. The zero-order valence-electron chi connectivity index (χ0n) is 11.9. The lowest BCUT2D eigenvalue weighted by Crippen LogP contribution is -2.47. The molecule has 6 nitrogen and oxygen atoms in total. The van der Waals surface area contributed by atoms with Crippen LogP contribution in [0.1, 0.15) is 20.8 Å². The van der Waals surface area contributed by atoms with Crippen LogP contribution in [-0.4, -0.2) is 64.1 Å². The number of rotatable bonds is 7. The van der Waals surface area contributed by atoms with E-state index in [0.717, 1.165) is 10.6 Å². The smallest absolute Gasteiger partial charge is 0.229 e. The number of hydrogen-bond acceptors (Lipinski definition) is 4. The summed E-state index contributed by atoms with van der Waals surface area (Å²) in [6, 6.07) is -0.584. The molecular formula is C10H24N2O4S2. The van der Waals surface area contributed by atoms with Crippen LogP contribution in [0.25, 0.3) is 0 Å². The molecule has 1 unspecified atom stereocenters. The van der Waals surface area contributed by atoms with Crippen molar-refractivity contribution in [2.75, 3.05) is 32.6 Å². The third-order valence-electron chi connectivity index (χ3n) is 2.54. The van der Waals surface area contributed by atoms with Crippen LogP contribution in [0.3, 0.4) is 0 Å². The Labute approximate surface area is 111 Å². The number of nitrogens with zero attached hydrogens (tertiary/aromatic N) is 2. The van der Waals surface area contributed by atoms with Gasteiger partial charge in [-0.15, -0.1) is 0 Å². The van der Waals surface area contributed by atoms with Crippen LogP contribution < -0.4 is 0 Å². The van der Waals surface area contributed by atoms with E-state index >= 15 is 0 Å². The van der Waals surface area contributed by atoms with Crippen molar-refractivity contribution in [1.29, 1.82) is 0 Å². The van der Waals surface area contributed by atoms with Crippen molar-refractivity contribution in [3.63, 3.8) is 0 Å². The van der Waals surface area contributed by atoms with Crippen molar-refractivity contribution >= 4 is 20.0 Å². The molecule has 0 radical (unpaired) electrons. The summed E-state index contributed by atoms with van der Waals surface area (Å²) < 4.78 is 49.0. The minimum atomic E-state index is -3.60. The van der Waals surface area contributed by atoms with Crippen LogP contribution in [0.4, 0.5) is 0 Å². The molecule has 18 heavy (non-hydrogen) atoms. The third kappa shape index (κ3) is 5.64. The van der Waals surface area contributed by atoms with Gasteiger partial charge in [0.25, 0.3) is 10.2 Å². The lowest BCUT2D eigenvalue weighted by atomic mass is 10.2. The normalized spacial score (nSPS) is 15.6. The molecular weight excluding hydrogens is 276 g/mol. The van der Waals surface area contributed by atoms with E-state index in [1.807, 2.05) is 13.8 Å². The van der Waals surface area contributed by atoms with E-state index in [2.05, 4.69) is 0 Å². The molecule has 0 aliphatic heterocycles. The standard InChI is InChI=1S/C10H24N2O4S2/c1-9(2)7-11(4)18(15,16)12(5)10(3)8-17(6,13)14/h9-10H,7-8H2,1-6H3. The molecule has 0 rings (SSSR count). The van der Waals surface area contributed by atoms with Crippen LogP contribution in [0.15, 0.2) is 0 Å². The van der Waals surface area contributed by atoms with E-state index in [4.69, 9.17) is 0 Å². The Bertz CT molecular complexity index is 456. The molecule has 0 N–H and O–H groups in total. The largest absolute Gasteiger partial charge is 0.281 e. The fraction of sp³-hybridized carbons (Fsp3) is 1.00. The molecule has 0 spiro atoms. The van der Waals surface area contributed by atoms with Crippen molar-refractivity contribution in [2.45, 2.75) is 26.8 Å². The molecule has 0 amide bonds. The van der Waals surface area contributed by atoms with E-state index in [-0.39, 0.29) is 11.7 Å². The van der Waals surface area contributed by atoms with E-state index in [1.54, 1.807) is 6.92 Å². The van der Waals surface area contributed by atoms with Crippen molar-refractivity contribution < 1.29 is 16.8 Å². The molecule has 0 bridgehead atoms. The number of sulfone groups is 1. The Hall–Kier alpha value is -0.180. The monoisotopic (exact) mass is 300 g/mol. The summed E-state index contributed by atoms with van der Waals surface area (Å²) in [7, 11) is -3.90. The van der Waals surface area contributed by atoms with Gasteiger partial charge in [-0.3, -0.25) is 0 Å². The van der Waals surface area contributed by atoms with E-state index in [1.165, 1.54) is 18.4 Å². The highest BCUT2D eigenvalue weighted by Gasteiger charge is 2.29. The lowest BCUT2D eigenvalue weighted by Gasteiger charge is -2.29. The van der Waals surface area contributed by atoms with Gasteiger partial charge < -0.3 is 0 Å². The minimum Gasteiger partial charge on any atom is -0.229 e. The first kappa shape index (κ1) is 17.8. The summed E-state index contributed by atoms with van der Waals surface area (Å²) in [6.07, 6.45) is 1.10. The Balaban J connectivity index is 4.91.